The number of thiophene rings is 1. The third-order valence-corrected chi connectivity index (χ3v) is 6.12. The van der Waals surface area contributed by atoms with Crippen LogP contribution in [0, 0.1) is 0 Å². The molecule has 0 saturated heterocycles. The minimum absolute atomic E-state index is 0.196. The van der Waals surface area contributed by atoms with Crippen molar-refractivity contribution in [2.75, 3.05) is 17.2 Å². The molecule has 0 amide bonds. The van der Waals surface area contributed by atoms with E-state index in [4.69, 9.17) is 17.0 Å². The molecular formula is C20H21F3N2O2S2. The van der Waals surface area contributed by atoms with Gasteiger partial charge in [0.15, 0.2) is 5.11 Å². The zero-order valence-electron chi connectivity index (χ0n) is 16.0. The second-order valence-electron chi connectivity index (χ2n) is 6.81. The number of rotatable bonds is 4. The molecule has 0 bridgehead atoms. The number of carbonyl (C=O) groups excluding carboxylic acids is 1. The Morgan fingerprint density at radius 2 is 1.97 bits per heavy atom. The van der Waals surface area contributed by atoms with Crippen LogP contribution in [0.5, 0.6) is 0 Å². The van der Waals surface area contributed by atoms with Gasteiger partial charge in [0.25, 0.3) is 0 Å². The molecule has 4 nitrogen and oxygen atoms in total. The molecule has 2 N–H and O–H groups in total. The molecule has 1 heterocycles. The van der Waals surface area contributed by atoms with Crippen LogP contribution >= 0.6 is 23.6 Å². The van der Waals surface area contributed by atoms with Crippen molar-refractivity contribution < 1.29 is 22.7 Å². The van der Waals surface area contributed by atoms with Crippen molar-refractivity contribution >= 4 is 45.3 Å². The Morgan fingerprint density at radius 1 is 1.28 bits per heavy atom. The summed E-state index contributed by atoms with van der Waals surface area (Å²) in [5.74, 6) is -0.139. The van der Waals surface area contributed by atoms with E-state index in [-0.39, 0.29) is 17.6 Å². The third-order valence-electron chi connectivity index (χ3n) is 4.73. The molecule has 156 valence electrons. The van der Waals surface area contributed by atoms with Crippen LogP contribution < -0.4 is 10.6 Å². The number of carbonyl (C=O) groups is 1. The number of aryl methyl sites for hydroxylation is 1. The summed E-state index contributed by atoms with van der Waals surface area (Å²) in [5.41, 5.74) is 1.21. The molecule has 1 unspecified atom stereocenters. The van der Waals surface area contributed by atoms with Crippen molar-refractivity contribution in [1.29, 1.82) is 0 Å². The molecule has 1 aromatic carbocycles. The number of ether oxygens (including phenoxy) is 1. The summed E-state index contributed by atoms with van der Waals surface area (Å²) in [6.07, 6.45) is -1.43. The predicted octanol–water partition coefficient (Wildman–Crippen LogP) is 6.19. The Labute approximate surface area is 176 Å². The quantitative estimate of drug-likeness (QED) is 0.437. The summed E-state index contributed by atoms with van der Waals surface area (Å²) in [4.78, 5) is 13.7. The van der Waals surface area contributed by atoms with Crippen LogP contribution in [-0.4, -0.2) is 17.7 Å². The van der Waals surface area contributed by atoms with E-state index < -0.39 is 17.7 Å². The van der Waals surface area contributed by atoms with Gasteiger partial charge in [-0.15, -0.1) is 11.3 Å². The zero-order valence-corrected chi connectivity index (χ0v) is 17.6. The Kier molecular flexibility index (Phi) is 6.48. The van der Waals surface area contributed by atoms with Gasteiger partial charge in [-0.3, -0.25) is 0 Å². The maximum Gasteiger partial charge on any atom is 0.416 e. The number of alkyl halides is 3. The first-order valence-corrected chi connectivity index (χ1v) is 10.5. The van der Waals surface area contributed by atoms with Crippen LogP contribution in [0.3, 0.4) is 0 Å². The van der Waals surface area contributed by atoms with E-state index in [1.807, 2.05) is 0 Å². The molecule has 0 spiro atoms. The number of hydrogen-bond acceptors (Lipinski definition) is 4. The van der Waals surface area contributed by atoms with E-state index in [0.29, 0.717) is 16.3 Å². The van der Waals surface area contributed by atoms with E-state index in [0.717, 1.165) is 41.8 Å². The maximum atomic E-state index is 12.7. The Morgan fingerprint density at radius 3 is 2.59 bits per heavy atom. The highest BCUT2D eigenvalue weighted by Crippen LogP contribution is 2.43. The molecule has 0 aliphatic heterocycles. The largest absolute Gasteiger partial charge is 0.462 e. The highest BCUT2D eigenvalue weighted by atomic mass is 32.1. The number of benzene rings is 1. The molecule has 0 radical (unpaired) electrons. The summed E-state index contributed by atoms with van der Waals surface area (Å²) in [6, 6.07) is 4.59. The van der Waals surface area contributed by atoms with Crippen molar-refractivity contribution in [1.82, 2.24) is 0 Å². The van der Waals surface area contributed by atoms with Gasteiger partial charge in [-0.05, 0) is 74.2 Å². The molecule has 2 aromatic rings. The second kappa shape index (κ2) is 8.71. The monoisotopic (exact) mass is 442 g/mol. The first kappa shape index (κ1) is 21.6. The van der Waals surface area contributed by atoms with Crippen molar-refractivity contribution in [3.05, 3.63) is 45.8 Å². The fourth-order valence-corrected chi connectivity index (χ4v) is 5.05. The fraction of sp³-hybridized carbons (Fsp3) is 0.400. The van der Waals surface area contributed by atoms with Gasteiger partial charge in [-0.25, -0.2) is 4.79 Å². The molecule has 0 fully saturated rings. The normalized spacial score (nSPS) is 16.1. The molecule has 1 atom stereocenters. The van der Waals surface area contributed by atoms with Crippen molar-refractivity contribution in [3.63, 3.8) is 0 Å². The van der Waals surface area contributed by atoms with Gasteiger partial charge in [0, 0.05) is 10.6 Å². The number of nitrogens with one attached hydrogen (secondary N) is 2. The molecule has 9 heteroatoms. The lowest BCUT2D eigenvalue weighted by molar-refractivity contribution is -0.137. The lowest BCUT2D eigenvalue weighted by Gasteiger charge is -2.19. The molecule has 3 rings (SSSR count). The van der Waals surface area contributed by atoms with Crippen LogP contribution in [0.1, 0.15) is 59.0 Å². The fourth-order valence-electron chi connectivity index (χ4n) is 3.41. The van der Waals surface area contributed by atoms with Gasteiger partial charge in [-0.1, -0.05) is 6.92 Å². The summed E-state index contributed by atoms with van der Waals surface area (Å²) in [5, 5.41) is 6.70. The summed E-state index contributed by atoms with van der Waals surface area (Å²) in [7, 11) is 0. The standard InChI is InChI=1S/C20H21F3N2O2S2/c1-3-27-18(26)16-15-11(2)5-4-6-14(15)29-17(16)25-19(28)24-13-9-7-12(8-10-13)20(21,22)23/h7-11H,3-6H2,1-2H3,(H2,24,25,28). The van der Waals surface area contributed by atoms with E-state index >= 15 is 0 Å². The second-order valence-corrected chi connectivity index (χ2v) is 8.32. The molecule has 1 aliphatic carbocycles. The van der Waals surface area contributed by atoms with E-state index in [1.54, 1.807) is 6.92 Å². The lowest BCUT2D eigenvalue weighted by atomic mass is 9.86. The Bertz CT molecular complexity index is 908. The van der Waals surface area contributed by atoms with Gasteiger partial charge in [0.05, 0.1) is 17.7 Å². The topological polar surface area (TPSA) is 50.4 Å². The van der Waals surface area contributed by atoms with Gasteiger partial charge in [-0.2, -0.15) is 13.2 Å². The average molecular weight is 443 g/mol. The van der Waals surface area contributed by atoms with Crippen LogP contribution in [0.2, 0.25) is 0 Å². The number of esters is 1. The molecule has 1 aromatic heterocycles. The molecule has 29 heavy (non-hydrogen) atoms. The predicted molar refractivity (Wildman–Crippen MR) is 113 cm³/mol. The van der Waals surface area contributed by atoms with Crippen LogP contribution in [-0.2, 0) is 17.3 Å². The van der Waals surface area contributed by atoms with Crippen LogP contribution in [0.4, 0.5) is 23.9 Å². The molecule has 1 aliphatic rings. The smallest absolute Gasteiger partial charge is 0.416 e. The Hall–Kier alpha value is -2.13. The number of halogens is 3. The van der Waals surface area contributed by atoms with Crippen molar-refractivity contribution in [2.45, 2.75) is 45.2 Å². The Balaban J connectivity index is 1.80. The minimum Gasteiger partial charge on any atom is -0.462 e. The number of hydrogen-bond donors (Lipinski definition) is 2. The van der Waals surface area contributed by atoms with Gasteiger partial charge in [0.2, 0.25) is 0 Å². The van der Waals surface area contributed by atoms with Gasteiger partial charge < -0.3 is 15.4 Å². The number of thiocarbonyl (C=S) groups is 1. The van der Waals surface area contributed by atoms with Gasteiger partial charge >= 0.3 is 12.1 Å². The minimum atomic E-state index is -4.39. The van der Waals surface area contributed by atoms with Gasteiger partial charge in [0.1, 0.15) is 5.00 Å². The maximum absolute atomic E-state index is 12.7. The van der Waals surface area contributed by atoms with E-state index in [2.05, 4.69) is 17.6 Å². The third kappa shape index (κ3) is 4.90. The first-order chi connectivity index (χ1) is 13.7. The average Bonchev–Trinajstić information content (AvgIpc) is 3.00. The van der Waals surface area contributed by atoms with Crippen LogP contribution in [0.15, 0.2) is 24.3 Å². The number of fused-ring (bicyclic) bond motifs is 1. The van der Waals surface area contributed by atoms with Crippen LogP contribution in [0.25, 0.3) is 0 Å². The first-order valence-electron chi connectivity index (χ1n) is 9.28. The SMILES string of the molecule is CCOC(=O)c1c(NC(=S)Nc2ccc(C(F)(F)F)cc2)sc2c1C(C)CCC2. The molecule has 0 saturated carbocycles. The molecular weight excluding hydrogens is 421 g/mol. The summed E-state index contributed by atoms with van der Waals surface area (Å²) < 4.78 is 43.3. The van der Waals surface area contributed by atoms with Crippen molar-refractivity contribution in [2.24, 2.45) is 0 Å². The zero-order chi connectivity index (χ0) is 21.2. The summed E-state index contributed by atoms with van der Waals surface area (Å²) in [6.45, 7) is 4.12. The highest BCUT2D eigenvalue weighted by Gasteiger charge is 2.31. The number of anilines is 2. The summed E-state index contributed by atoms with van der Waals surface area (Å²) >= 11 is 6.79. The highest BCUT2D eigenvalue weighted by molar-refractivity contribution is 7.80. The lowest BCUT2D eigenvalue weighted by Crippen LogP contribution is -2.21. The van der Waals surface area contributed by atoms with Crippen molar-refractivity contribution in [3.8, 4) is 0 Å². The van der Waals surface area contributed by atoms with E-state index in [1.165, 1.54) is 23.5 Å². The van der Waals surface area contributed by atoms with E-state index in [9.17, 15) is 18.0 Å².